The second kappa shape index (κ2) is 4.77. The maximum Gasteiger partial charge on any atom is 0.441 e. The molecule has 1 fully saturated rings. The van der Waals surface area contributed by atoms with Gasteiger partial charge in [-0.1, -0.05) is 13.8 Å². The number of hydrogen-bond acceptors (Lipinski definition) is 3. The third kappa shape index (κ3) is 3.30. The highest BCUT2D eigenvalue weighted by atomic mass is 31.0. The van der Waals surface area contributed by atoms with E-state index in [1.165, 1.54) is 0 Å². The first-order valence-corrected chi connectivity index (χ1v) is 7.15. The minimum atomic E-state index is -0.290. The summed E-state index contributed by atoms with van der Waals surface area (Å²) in [6.07, 6.45) is 0. The van der Waals surface area contributed by atoms with Gasteiger partial charge in [0.1, 0.15) is 0 Å². The van der Waals surface area contributed by atoms with Crippen LogP contribution in [0.1, 0.15) is 55.4 Å². The Morgan fingerprint density at radius 3 is 1.72 bits per heavy atom. The number of rotatable bonds is 4. The van der Waals surface area contributed by atoms with Crippen LogP contribution in [0.4, 0.5) is 0 Å². The second-order valence-electron chi connectivity index (χ2n) is 7.23. The highest BCUT2D eigenvalue weighted by Crippen LogP contribution is 2.38. The first-order valence-electron chi connectivity index (χ1n) is 6.57. The Labute approximate surface area is 115 Å². The third-order valence-electron chi connectivity index (χ3n) is 4.43. The van der Waals surface area contributed by atoms with Gasteiger partial charge >= 0.3 is 14.4 Å². The minimum absolute atomic E-state index is 0.00333. The highest BCUT2D eigenvalue weighted by Gasteiger charge is 2.52. The maximum absolute atomic E-state index is 5.99. The first-order chi connectivity index (χ1) is 7.79. The van der Waals surface area contributed by atoms with Gasteiger partial charge < -0.3 is 14.0 Å². The Bertz CT molecular complexity index is 295. The summed E-state index contributed by atoms with van der Waals surface area (Å²) in [7, 11) is 3.00. The van der Waals surface area contributed by atoms with Crippen LogP contribution in [0.3, 0.4) is 0 Å². The SMILES string of the molecule is CC(C)(P)C(C)(C)OBB1OC(C)(C)C(C)(C)O1. The maximum atomic E-state index is 5.99. The second-order valence-corrected chi connectivity index (χ2v) is 8.67. The van der Waals surface area contributed by atoms with E-state index in [2.05, 4.69) is 64.6 Å². The molecule has 3 nitrogen and oxygen atoms in total. The van der Waals surface area contributed by atoms with E-state index < -0.39 is 0 Å². The summed E-state index contributed by atoms with van der Waals surface area (Å²) in [4.78, 5) is 0. The molecular formula is C12H27B2O3P. The first kappa shape index (κ1) is 16.5. The molecule has 0 radical (unpaired) electrons. The molecule has 0 saturated carbocycles. The van der Waals surface area contributed by atoms with E-state index in [1.54, 1.807) is 0 Å². The van der Waals surface area contributed by atoms with Crippen LogP contribution in [0.2, 0.25) is 0 Å². The van der Waals surface area contributed by atoms with Crippen molar-refractivity contribution in [1.29, 1.82) is 0 Å². The molecular weight excluding hydrogens is 245 g/mol. The van der Waals surface area contributed by atoms with E-state index in [4.69, 9.17) is 14.0 Å². The monoisotopic (exact) mass is 272 g/mol. The highest BCUT2D eigenvalue weighted by molar-refractivity contribution is 7.19. The van der Waals surface area contributed by atoms with Crippen molar-refractivity contribution in [1.82, 2.24) is 0 Å². The summed E-state index contributed by atoms with van der Waals surface area (Å²) in [6.45, 7) is 16.7. The van der Waals surface area contributed by atoms with E-state index in [0.717, 1.165) is 0 Å². The summed E-state index contributed by atoms with van der Waals surface area (Å²) in [5.74, 6) is 0. The van der Waals surface area contributed by atoms with Gasteiger partial charge in [0.15, 0.2) is 0 Å². The van der Waals surface area contributed by atoms with E-state index in [9.17, 15) is 0 Å². The van der Waals surface area contributed by atoms with Crippen molar-refractivity contribution in [2.75, 3.05) is 0 Å². The molecule has 0 N–H and O–H groups in total. The quantitative estimate of drug-likeness (QED) is 0.581. The predicted molar refractivity (Wildman–Crippen MR) is 82.2 cm³/mol. The van der Waals surface area contributed by atoms with Crippen LogP contribution in [0.5, 0.6) is 0 Å². The van der Waals surface area contributed by atoms with Gasteiger partial charge in [-0.3, -0.25) is 0 Å². The van der Waals surface area contributed by atoms with E-state index >= 15 is 0 Å². The van der Waals surface area contributed by atoms with Crippen LogP contribution in [0.15, 0.2) is 0 Å². The molecule has 0 bridgehead atoms. The topological polar surface area (TPSA) is 27.7 Å². The Kier molecular flexibility index (Phi) is 4.37. The summed E-state index contributed by atoms with van der Waals surface area (Å²) in [6, 6.07) is 0. The van der Waals surface area contributed by atoms with Crippen LogP contribution in [0.25, 0.3) is 0 Å². The van der Waals surface area contributed by atoms with Crippen molar-refractivity contribution in [2.45, 2.75) is 77.3 Å². The lowest BCUT2D eigenvalue weighted by Crippen LogP contribution is -2.46. The van der Waals surface area contributed by atoms with Crippen LogP contribution >= 0.6 is 9.24 Å². The molecule has 0 aliphatic carbocycles. The molecule has 0 aromatic heterocycles. The Balaban J connectivity index is 2.58. The molecule has 1 aliphatic heterocycles. The summed E-state index contributed by atoms with van der Waals surface area (Å²) >= 11 is 0. The van der Waals surface area contributed by atoms with Crippen molar-refractivity contribution in [3.8, 4) is 0 Å². The third-order valence-corrected chi connectivity index (χ3v) is 5.13. The molecule has 0 aromatic carbocycles. The zero-order valence-electron chi connectivity index (χ0n) is 13.1. The minimum Gasteiger partial charge on any atom is -0.436 e. The lowest BCUT2D eigenvalue weighted by molar-refractivity contribution is 0.00578. The molecule has 1 saturated heterocycles. The largest absolute Gasteiger partial charge is 0.441 e. The summed E-state index contributed by atoms with van der Waals surface area (Å²) in [5, 5.41) is -0.00333. The van der Waals surface area contributed by atoms with Gasteiger partial charge in [0.25, 0.3) is 0 Å². The van der Waals surface area contributed by atoms with Gasteiger partial charge in [0.05, 0.1) is 16.8 Å². The summed E-state index contributed by atoms with van der Waals surface area (Å²) < 4.78 is 17.8. The van der Waals surface area contributed by atoms with Gasteiger partial charge in [-0.15, -0.1) is 9.24 Å². The average molecular weight is 272 g/mol. The molecule has 6 heteroatoms. The van der Waals surface area contributed by atoms with Crippen molar-refractivity contribution in [3.63, 3.8) is 0 Å². The molecule has 1 atom stereocenters. The predicted octanol–water partition coefficient (Wildman–Crippen LogP) is 2.38. The summed E-state index contributed by atoms with van der Waals surface area (Å²) in [5.41, 5.74) is -0.829. The Hall–Kier alpha value is 0.440. The fourth-order valence-electron chi connectivity index (χ4n) is 1.50. The zero-order chi connectivity index (χ0) is 14.4. The molecule has 0 amide bonds. The normalized spacial score (nSPS) is 23.3. The molecule has 1 heterocycles. The Morgan fingerprint density at radius 1 is 1.00 bits per heavy atom. The zero-order valence-corrected chi connectivity index (χ0v) is 14.2. The van der Waals surface area contributed by atoms with Gasteiger partial charge in [-0.2, -0.15) is 0 Å². The molecule has 1 aliphatic rings. The van der Waals surface area contributed by atoms with Gasteiger partial charge in [0, 0.05) is 5.16 Å². The fraction of sp³-hybridized carbons (Fsp3) is 1.00. The van der Waals surface area contributed by atoms with Gasteiger partial charge in [0.2, 0.25) is 0 Å². The standard InChI is InChI=1S/C12H27B2O3P/c1-9(2)10(3,4)17-14(16-9)13-15-11(5,6)12(7,8)18/h13H,18H2,1-8H3. The molecule has 0 spiro atoms. The van der Waals surface area contributed by atoms with Crippen molar-refractivity contribution < 1.29 is 14.0 Å². The van der Waals surface area contributed by atoms with E-state index in [1.807, 2.05) is 0 Å². The smallest absolute Gasteiger partial charge is 0.436 e. The number of hydrogen-bond donors (Lipinski definition) is 0. The van der Waals surface area contributed by atoms with Gasteiger partial charge in [-0.25, -0.2) is 0 Å². The Morgan fingerprint density at radius 2 is 1.39 bits per heavy atom. The van der Waals surface area contributed by atoms with Crippen LogP contribution in [-0.2, 0) is 14.0 Å². The van der Waals surface area contributed by atoms with Crippen molar-refractivity contribution >= 4 is 23.6 Å². The van der Waals surface area contributed by atoms with Crippen LogP contribution in [0, 0.1) is 0 Å². The molecule has 0 aromatic rings. The van der Waals surface area contributed by atoms with Crippen molar-refractivity contribution in [3.05, 3.63) is 0 Å². The molecule has 1 rings (SSSR count). The van der Waals surface area contributed by atoms with Crippen LogP contribution in [-0.4, -0.2) is 36.3 Å². The van der Waals surface area contributed by atoms with E-state index in [-0.39, 0.29) is 29.0 Å². The fourth-order valence-corrected chi connectivity index (χ4v) is 1.58. The van der Waals surface area contributed by atoms with E-state index in [0.29, 0.717) is 7.37 Å². The van der Waals surface area contributed by atoms with Crippen LogP contribution < -0.4 is 0 Å². The van der Waals surface area contributed by atoms with Crippen molar-refractivity contribution in [2.24, 2.45) is 0 Å². The lowest BCUT2D eigenvalue weighted by atomic mass is 9.55. The van der Waals surface area contributed by atoms with Gasteiger partial charge in [-0.05, 0) is 41.5 Å². The molecule has 1 unspecified atom stereocenters. The molecule has 104 valence electrons. The molecule has 18 heavy (non-hydrogen) atoms. The average Bonchev–Trinajstić information content (AvgIpc) is 2.30. The lowest BCUT2D eigenvalue weighted by Gasteiger charge is -2.39.